The summed E-state index contributed by atoms with van der Waals surface area (Å²) < 4.78 is 38.4. The van der Waals surface area contributed by atoms with Crippen molar-refractivity contribution in [3.05, 3.63) is 65.7 Å². The number of nitrogens with one attached hydrogen (secondary N) is 1. The Balaban J connectivity index is 1.33. The maximum Gasteiger partial charge on any atom is 0.417 e. The minimum absolute atomic E-state index is 0.111. The largest absolute Gasteiger partial charge is 0.417 e. The Kier molecular flexibility index (Phi) is 5.66. The van der Waals surface area contributed by atoms with Crippen LogP contribution >= 0.6 is 0 Å². The van der Waals surface area contributed by atoms with Gasteiger partial charge in [0.05, 0.1) is 5.56 Å². The van der Waals surface area contributed by atoms with E-state index in [0.29, 0.717) is 48.0 Å². The van der Waals surface area contributed by atoms with Crippen LogP contribution in [-0.4, -0.2) is 49.9 Å². The van der Waals surface area contributed by atoms with E-state index in [4.69, 9.17) is 0 Å². The van der Waals surface area contributed by atoms with Gasteiger partial charge in [0, 0.05) is 37.7 Å². The average Bonchev–Trinajstić information content (AvgIpc) is 3.61. The summed E-state index contributed by atoms with van der Waals surface area (Å²) in [6.07, 6.45) is 1.57. The van der Waals surface area contributed by atoms with Crippen LogP contribution in [0.1, 0.15) is 34.5 Å². The van der Waals surface area contributed by atoms with E-state index in [1.807, 2.05) is 17.9 Å². The van der Waals surface area contributed by atoms with Gasteiger partial charge in [0.15, 0.2) is 5.82 Å². The quantitative estimate of drug-likeness (QED) is 0.604. The summed E-state index contributed by atoms with van der Waals surface area (Å²) >= 11 is 0. The number of carbonyl (C=O) groups excluding carboxylic acids is 1. The van der Waals surface area contributed by atoms with E-state index in [0.717, 1.165) is 30.7 Å². The lowest BCUT2D eigenvalue weighted by Gasteiger charge is -2.35. The number of aromatic nitrogens is 4. The van der Waals surface area contributed by atoms with Crippen LogP contribution in [0.15, 0.2) is 48.9 Å². The molecule has 1 aliphatic carbocycles. The summed E-state index contributed by atoms with van der Waals surface area (Å²) in [5, 5.41) is 3.10. The standard InChI is InChI=1S/C24H23F3N6O/c1-14-3-5-19(32-21(14)22-28-7-2-8-29-22)23(34)33-13-16-9-15(16)10-18(33)12-31-20-6-4-17(11-30-20)24(25,26)27/h2-8,11,15-16,18H,9-10,12-13H2,1H3,(H,30,31). The van der Waals surface area contributed by atoms with Gasteiger partial charge in [-0.05, 0) is 61.4 Å². The second-order valence-corrected chi connectivity index (χ2v) is 8.85. The number of nitrogens with zero attached hydrogens (tertiary/aromatic N) is 5. The molecule has 1 N–H and O–H groups in total. The highest BCUT2D eigenvalue weighted by atomic mass is 19.4. The van der Waals surface area contributed by atoms with E-state index in [1.54, 1.807) is 24.5 Å². The third kappa shape index (κ3) is 4.57. The molecule has 7 nitrogen and oxygen atoms in total. The highest BCUT2D eigenvalue weighted by Crippen LogP contribution is 2.47. The fourth-order valence-corrected chi connectivity index (χ4v) is 4.47. The molecule has 10 heteroatoms. The lowest BCUT2D eigenvalue weighted by atomic mass is 10.0. The summed E-state index contributed by atoms with van der Waals surface area (Å²) in [6.45, 7) is 2.93. The third-order valence-corrected chi connectivity index (χ3v) is 6.48. The molecule has 1 amide bonds. The van der Waals surface area contributed by atoms with Crippen molar-refractivity contribution in [1.29, 1.82) is 0 Å². The zero-order valence-electron chi connectivity index (χ0n) is 18.5. The number of rotatable bonds is 5. The number of carbonyl (C=O) groups is 1. The van der Waals surface area contributed by atoms with Gasteiger partial charge in [-0.3, -0.25) is 4.79 Å². The van der Waals surface area contributed by atoms with Gasteiger partial charge in [-0.15, -0.1) is 0 Å². The molecule has 34 heavy (non-hydrogen) atoms. The second-order valence-electron chi connectivity index (χ2n) is 8.85. The number of fused-ring (bicyclic) bond motifs is 1. The minimum atomic E-state index is -4.43. The van der Waals surface area contributed by atoms with Gasteiger partial charge < -0.3 is 10.2 Å². The van der Waals surface area contributed by atoms with E-state index in [9.17, 15) is 18.0 Å². The number of likely N-dealkylation sites (tertiary alicyclic amines) is 1. The summed E-state index contributed by atoms with van der Waals surface area (Å²) in [5.74, 6) is 1.70. The highest BCUT2D eigenvalue weighted by Gasteiger charge is 2.47. The molecule has 2 fully saturated rings. The predicted octanol–water partition coefficient (Wildman–Crippen LogP) is 4.22. The van der Waals surface area contributed by atoms with Crippen LogP contribution in [0.5, 0.6) is 0 Å². The SMILES string of the molecule is Cc1ccc(C(=O)N2CC3CC3CC2CNc2ccc(C(F)(F)F)cn2)nc1-c1ncccn1. The Morgan fingerprint density at radius 1 is 1.09 bits per heavy atom. The number of hydrogen-bond donors (Lipinski definition) is 1. The third-order valence-electron chi connectivity index (χ3n) is 6.48. The number of piperidine rings is 1. The van der Waals surface area contributed by atoms with Gasteiger partial charge >= 0.3 is 6.18 Å². The molecule has 1 aliphatic heterocycles. The van der Waals surface area contributed by atoms with Crippen LogP contribution in [0.25, 0.3) is 11.5 Å². The first-order valence-electron chi connectivity index (χ1n) is 11.1. The first-order valence-corrected chi connectivity index (χ1v) is 11.1. The van der Waals surface area contributed by atoms with E-state index >= 15 is 0 Å². The second kappa shape index (κ2) is 8.66. The summed E-state index contributed by atoms with van der Waals surface area (Å²) in [7, 11) is 0. The molecule has 3 aromatic rings. The van der Waals surface area contributed by atoms with Crippen molar-refractivity contribution in [2.75, 3.05) is 18.4 Å². The Hall–Kier alpha value is -3.56. The van der Waals surface area contributed by atoms with Crippen molar-refractivity contribution in [2.45, 2.75) is 32.0 Å². The van der Waals surface area contributed by atoms with Crippen molar-refractivity contribution in [2.24, 2.45) is 11.8 Å². The van der Waals surface area contributed by atoms with E-state index in [-0.39, 0.29) is 11.9 Å². The normalized spacial score (nSPS) is 21.6. The zero-order valence-corrected chi connectivity index (χ0v) is 18.5. The van der Waals surface area contributed by atoms with Crippen molar-refractivity contribution in [1.82, 2.24) is 24.8 Å². The molecular weight excluding hydrogens is 445 g/mol. The molecule has 0 spiro atoms. The summed E-state index contributed by atoms with van der Waals surface area (Å²) in [6, 6.07) is 7.47. The number of amides is 1. The van der Waals surface area contributed by atoms with Crippen molar-refractivity contribution < 1.29 is 18.0 Å². The highest BCUT2D eigenvalue weighted by molar-refractivity contribution is 5.93. The maximum atomic E-state index is 13.5. The number of alkyl halides is 3. The molecule has 1 saturated heterocycles. The molecule has 1 saturated carbocycles. The molecular formula is C24H23F3N6O. The van der Waals surface area contributed by atoms with Gasteiger partial charge in [-0.25, -0.2) is 19.9 Å². The number of aryl methyl sites for hydroxylation is 1. The molecule has 0 aromatic carbocycles. The van der Waals surface area contributed by atoms with Gasteiger partial charge in [-0.1, -0.05) is 6.07 Å². The Morgan fingerprint density at radius 2 is 1.88 bits per heavy atom. The minimum Gasteiger partial charge on any atom is -0.368 e. The van der Waals surface area contributed by atoms with E-state index < -0.39 is 11.7 Å². The maximum absolute atomic E-state index is 13.5. The summed E-state index contributed by atoms with van der Waals surface area (Å²) in [5.41, 5.74) is 0.966. The Labute approximate surface area is 194 Å². The fraction of sp³-hybridized carbons (Fsp3) is 0.375. The molecule has 4 heterocycles. The lowest BCUT2D eigenvalue weighted by Crippen LogP contribution is -2.48. The van der Waals surface area contributed by atoms with Crippen molar-refractivity contribution >= 4 is 11.7 Å². The topological polar surface area (TPSA) is 83.9 Å². The van der Waals surface area contributed by atoms with Crippen LogP contribution in [0, 0.1) is 18.8 Å². The van der Waals surface area contributed by atoms with Crippen LogP contribution < -0.4 is 5.32 Å². The molecule has 0 bridgehead atoms. The first-order chi connectivity index (χ1) is 16.3. The van der Waals surface area contributed by atoms with Gasteiger partial charge in [0.25, 0.3) is 5.91 Å². The average molecular weight is 468 g/mol. The number of hydrogen-bond acceptors (Lipinski definition) is 6. The van der Waals surface area contributed by atoms with Crippen LogP contribution in [0.4, 0.5) is 19.0 Å². The Bertz CT molecular complexity index is 1190. The molecule has 3 atom stereocenters. The molecule has 0 radical (unpaired) electrons. The lowest BCUT2D eigenvalue weighted by molar-refractivity contribution is -0.137. The smallest absolute Gasteiger partial charge is 0.368 e. The van der Waals surface area contributed by atoms with Crippen LogP contribution in [-0.2, 0) is 6.18 Å². The van der Waals surface area contributed by atoms with E-state index in [2.05, 4.69) is 25.3 Å². The monoisotopic (exact) mass is 468 g/mol. The van der Waals surface area contributed by atoms with E-state index in [1.165, 1.54) is 6.07 Å². The molecule has 176 valence electrons. The van der Waals surface area contributed by atoms with Crippen LogP contribution in [0.3, 0.4) is 0 Å². The summed E-state index contributed by atoms with van der Waals surface area (Å²) in [4.78, 5) is 32.3. The fourth-order valence-electron chi connectivity index (χ4n) is 4.47. The van der Waals surface area contributed by atoms with Gasteiger partial charge in [-0.2, -0.15) is 13.2 Å². The Morgan fingerprint density at radius 3 is 2.59 bits per heavy atom. The molecule has 5 rings (SSSR count). The zero-order chi connectivity index (χ0) is 23.9. The predicted molar refractivity (Wildman–Crippen MR) is 119 cm³/mol. The van der Waals surface area contributed by atoms with Gasteiger partial charge in [0.1, 0.15) is 17.2 Å². The first kappa shape index (κ1) is 22.2. The van der Waals surface area contributed by atoms with Crippen molar-refractivity contribution in [3.63, 3.8) is 0 Å². The number of halogens is 3. The molecule has 3 unspecified atom stereocenters. The molecule has 2 aliphatic rings. The van der Waals surface area contributed by atoms with Crippen LogP contribution in [0.2, 0.25) is 0 Å². The van der Waals surface area contributed by atoms with Crippen molar-refractivity contribution in [3.8, 4) is 11.5 Å². The molecule has 3 aromatic heterocycles. The number of pyridine rings is 2. The number of anilines is 1. The van der Waals surface area contributed by atoms with Gasteiger partial charge in [0.2, 0.25) is 0 Å².